The Hall–Kier alpha value is -4.78. The van der Waals surface area contributed by atoms with Crippen molar-refractivity contribution in [3.05, 3.63) is 87.6 Å². The van der Waals surface area contributed by atoms with Gasteiger partial charge < -0.3 is 9.80 Å². The largest absolute Gasteiger partial charge is 0.355 e. The maximum atomic E-state index is 16.0. The Kier molecular flexibility index (Phi) is 8.17. The van der Waals surface area contributed by atoms with Crippen molar-refractivity contribution in [1.82, 2.24) is 24.4 Å². The summed E-state index contributed by atoms with van der Waals surface area (Å²) < 4.78 is 31.5. The topological polar surface area (TPSA) is 125 Å². The molecule has 1 amide bonds. The van der Waals surface area contributed by atoms with Crippen molar-refractivity contribution in [2.75, 3.05) is 29.6 Å². The van der Waals surface area contributed by atoms with E-state index in [1.54, 1.807) is 9.80 Å². The number of piperazine rings is 1. The van der Waals surface area contributed by atoms with Crippen LogP contribution in [-0.4, -0.2) is 67.0 Å². The quantitative estimate of drug-likeness (QED) is 0.498. The van der Waals surface area contributed by atoms with Crippen molar-refractivity contribution < 1.29 is 23.6 Å². The highest BCUT2D eigenvalue weighted by Gasteiger charge is 2.38. The van der Waals surface area contributed by atoms with E-state index in [2.05, 4.69) is 21.5 Å². The number of hydrogen-bond donors (Lipinski definition) is 1. The third kappa shape index (κ3) is 5.06. The van der Waals surface area contributed by atoms with Gasteiger partial charge in [-0.25, -0.2) is 33.2 Å². The zero-order valence-electron chi connectivity index (χ0n) is 25.1. The summed E-state index contributed by atoms with van der Waals surface area (Å²) in [6, 6.07) is -0.359. The van der Waals surface area contributed by atoms with Crippen molar-refractivity contribution in [3.8, 4) is 5.69 Å². The molecule has 1 fully saturated rings. The Morgan fingerprint density at radius 2 is 1.75 bits per heavy atom. The van der Waals surface area contributed by atoms with Crippen molar-refractivity contribution in [2.45, 2.75) is 52.5 Å². The first kappa shape index (κ1) is 30.7. The number of Topliss-reactive ketones (excluding diaryl/α,β-unsaturated/α-hetero) is 1. The second-order valence-electron chi connectivity index (χ2n) is 11.4. The number of rotatable bonds is 5. The molecule has 44 heavy (non-hydrogen) atoms. The SMILES string of the molecule is C=CC(=O)N1CCN(c2nc(=O)n(-c3c(C(C)C)ncnc3C(C)C)c3c2C=C(F)/C(=C2/C=CC=C(F)C2=O)N3O)[C@@H](C)C1. The normalized spacial score (nSPS) is 20.3. The number of hydroxylamine groups is 1. The molecular formula is C31H33F2N7O4. The molecule has 1 atom stereocenters. The van der Waals surface area contributed by atoms with E-state index in [0.717, 1.165) is 16.7 Å². The molecule has 1 aliphatic carbocycles. The van der Waals surface area contributed by atoms with Gasteiger partial charge in [0.05, 0.1) is 28.2 Å². The molecule has 5 rings (SSSR count). The van der Waals surface area contributed by atoms with Gasteiger partial charge in [-0.2, -0.15) is 4.98 Å². The van der Waals surface area contributed by atoms with Gasteiger partial charge in [-0.05, 0) is 43.1 Å². The number of hydrogen-bond acceptors (Lipinski definition) is 9. The minimum absolute atomic E-state index is 0.0424. The van der Waals surface area contributed by atoms with E-state index in [-0.39, 0.29) is 66.3 Å². The van der Waals surface area contributed by atoms with Gasteiger partial charge in [-0.1, -0.05) is 40.3 Å². The van der Waals surface area contributed by atoms with Crippen molar-refractivity contribution in [3.63, 3.8) is 0 Å². The van der Waals surface area contributed by atoms with E-state index in [9.17, 15) is 24.0 Å². The monoisotopic (exact) mass is 605 g/mol. The predicted molar refractivity (Wildman–Crippen MR) is 161 cm³/mol. The second kappa shape index (κ2) is 11.7. The summed E-state index contributed by atoms with van der Waals surface area (Å²) in [4.78, 5) is 55.8. The highest BCUT2D eigenvalue weighted by molar-refractivity contribution is 6.11. The lowest BCUT2D eigenvalue weighted by molar-refractivity contribution is -0.126. The van der Waals surface area contributed by atoms with Gasteiger partial charge in [0.15, 0.2) is 17.5 Å². The maximum absolute atomic E-state index is 16.0. The molecule has 2 aromatic rings. The first-order chi connectivity index (χ1) is 20.9. The number of allylic oxidation sites excluding steroid dienone is 6. The van der Waals surface area contributed by atoms with Crippen LogP contribution in [0.25, 0.3) is 11.8 Å². The Balaban J connectivity index is 1.84. The van der Waals surface area contributed by atoms with Gasteiger partial charge in [0.1, 0.15) is 17.8 Å². The number of carbonyl (C=O) groups excluding carboxylic acids is 2. The van der Waals surface area contributed by atoms with E-state index in [1.807, 2.05) is 34.6 Å². The molecule has 3 aliphatic rings. The van der Waals surface area contributed by atoms with Gasteiger partial charge >= 0.3 is 5.69 Å². The Bertz CT molecular complexity index is 1730. The van der Waals surface area contributed by atoms with Crippen LogP contribution in [0.1, 0.15) is 63.4 Å². The standard InChI is InChI=1S/C31H33F2N7O4/c1-7-23(41)37-11-12-38(18(6)14-37)29-20-13-22(33)26(19-9-8-10-21(32)28(19)42)40(44)30(20)39(31(43)36-29)27-24(16(2)3)34-15-35-25(27)17(4)5/h7-10,13,15-18,44H,1,11-12,14H2,2-6H3/b26-19+/t18-/m0/s1. The third-order valence-corrected chi connectivity index (χ3v) is 7.80. The molecule has 1 N–H and O–H groups in total. The third-order valence-electron chi connectivity index (χ3n) is 7.80. The van der Waals surface area contributed by atoms with Crippen LogP contribution in [0, 0.1) is 0 Å². The summed E-state index contributed by atoms with van der Waals surface area (Å²) in [5, 5.41) is 12.2. The fraction of sp³-hybridized carbons (Fsp3) is 0.355. The average molecular weight is 606 g/mol. The van der Waals surface area contributed by atoms with Crippen LogP contribution in [0.15, 0.2) is 64.9 Å². The van der Waals surface area contributed by atoms with E-state index < -0.39 is 34.4 Å². The lowest BCUT2D eigenvalue weighted by Crippen LogP contribution is -2.54. The summed E-state index contributed by atoms with van der Waals surface area (Å²) in [5.74, 6) is -4.08. The van der Waals surface area contributed by atoms with Crippen molar-refractivity contribution >= 4 is 29.4 Å². The number of fused-ring (bicyclic) bond motifs is 1. The van der Waals surface area contributed by atoms with Gasteiger partial charge in [-0.15, -0.1) is 0 Å². The van der Waals surface area contributed by atoms with E-state index in [0.29, 0.717) is 16.5 Å². The van der Waals surface area contributed by atoms with Crippen LogP contribution in [0.3, 0.4) is 0 Å². The number of ketones is 1. The number of halogens is 2. The summed E-state index contributed by atoms with van der Waals surface area (Å²) in [5.41, 5.74) is -0.614. The molecule has 230 valence electrons. The van der Waals surface area contributed by atoms with E-state index in [4.69, 9.17) is 0 Å². The van der Waals surface area contributed by atoms with Crippen molar-refractivity contribution in [1.29, 1.82) is 0 Å². The highest BCUT2D eigenvalue weighted by atomic mass is 19.1. The molecule has 2 aromatic heterocycles. The lowest BCUT2D eigenvalue weighted by Gasteiger charge is -2.41. The zero-order chi connectivity index (χ0) is 32.0. The fourth-order valence-electron chi connectivity index (χ4n) is 5.69. The molecule has 4 heterocycles. The lowest BCUT2D eigenvalue weighted by atomic mass is 9.98. The van der Waals surface area contributed by atoms with Crippen LogP contribution in [0.5, 0.6) is 0 Å². The molecule has 11 nitrogen and oxygen atoms in total. The maximum Gasteiger partial charge on any atom is 0.355 e. The van der Waals surface area contributed by atoms with Gasteiger partial charge in [0, 0.05) is 25.7 Å². The molecule has 0 saturated carbocycles. The van der Waals surface area contributed by atoms with Crippen molar-refractivity contribution in [2.24, 2.45) is 0 Å². The molecule has 0 unspecified atom stereocenters. The number of carbonyl (C=O) groups is 2. The molecule has 1 saturated heterocycles. The summed E-state index contributed by atoms with van der Waals surface area (Å²) in [7, 11) is 0. The Labute approximate surface area is 252 Å². The van der Waals surface area contributed by atoms with Crippen LogP contribution < -0.4 is 15.7 Å². The van der Waals surface area contributed by atoms with Gasteiger partial charge in [-0.3, -0.25) is 14.8 Å². The number of amides is 1. The molecule has 0 radical (unpaired) electrons. The summed E-state index contributed by atoms with van der Waals surface area (Å²) >= 11 is 0. The van der Waals surface area contributed by atoms with Crippen LogP contribution in [0.4, 0.5) is 20.4 Å². The molecule has 2 aliphatic heterocycles. The number of nitrogens with zero attached hydrogens (tertiary/aromatic N) is 7. The highest BCUT2D eigenvalue weighted by Crippen LogP contribution is 2.43. The minimum atomic E-state index is -1.13. The van der Waals surface area contributed by atoms with Gasteiger partial charge in [0.25, 0.3) is 0 Å². The first-order valence-electron chi connectivity index (χ1n) is 14.3. The number of anilines is 2. The molecule has 0 spiro atoms. The van der Waals surface area contributed by atoms with E-state index >= 15 is 4.39 Å². The first-order valence-corrected chi connectivity index (χ1v) is 14.3. The Morgan fingerprint density at radius 3 is 2.34 bits per heavy atom. The second-order valence-corrected chi connectivity index (χ2v) is 11.4. The number of aromatic nitrogens is 4. The van der Waals surface area contributed by atoms with Crippen LogP contribution >= 0.6 is 0 Å². The minimum Gasteiger partial charge on any atom is -0.350 e. The smallest absolute Gasteiger partial charge is 0.350 e. The van der Waals surface area contributed by atoms with Crippen LogP contribution in [-0.2, 0) is 9.59 Å². The zero-order valence-corrected chi connectivity index (χ0v) is 25.1. The summed E-state index contributed by atoms with van der Waals surface area (Å²) in [6.07, 6.45) is 7.04. The molecular weight excluding hydrogens is 572 g/mol. The fourth-order valence-corrected chi connectivity index (χ4v) is 5.69. The molecule has 0 aromatic carbocycles. The predicted octanol–water partition coefficient (Wildman–Crippen LogP) is 4.26. The average Bonchev–Trinajstić information content (AvgIpc) is 2.98. The van der Waals surface area contributed by atoms with Gasteiger partial charge in [0.2, 0.25) is 11.7 Å². The van der Waals surface area contributed by atoms with Crippen LogP contribution in [0.2, 0.25) is 0 Å². The molecule has 13 heteroatoms. The summed E-state index contributed by atoms with van der Waals surface area (Å²) in [6.45, 7) is 13.7. The Morgan fingerprint density at radius 1 is 1.09 bits per heavy atom. The van der Waals surface area contributed by atoms with E-state index in [1.165, 1.54) is 24.6 Å². The molecule has 0 bridgehead atoms.